The maximum atomic E-state index is 13.3. The minimum atomic E-state index is -4.95. The normalized spacial score (nSPS) is 22.1. The molecule has 0 aromatic heterocycles. The molecule has 2 aliphatic heterocycles. The van der Waals surface area contributed by atoms with Crippen LogP contribution in [-0.2, 0) is 21.8 Å². The quantitative estimate of drug-likeness (QED) is 0.488. The van der Waals surface area contributed by atoms with Crippen LogP contribution >= 0.6 is 0 Å². The van der Waals surface area contributed by atoms with Crippen molar-refractivity contribution in [1.82, 2.24) is 9.80 Å². The Bertz CT molecular complexity index is 1020. The third-order valence-electron chi connectivity index (χ3n) is 6.50. The number of carbonyl (C=O) groups excluding carboxylic acids is 1. The second-order valence-corrected chi connectivity index (χ2v) is 8.96. The maximum absolute atomic E-state index is 13.3. The van der Waals surface area contributed by atoms with Gasteiger partial charge in [-0.05, 0) is 36.2 Å². The van der Waals surface area contributed by atoms with Crippen LogP contribution in [0.1, 0.15) is 41.2 Å². The van der Waals surface area contributed by atoms with E-state index in [9.17, 15) is 31.1 Å². The van der Waals surface area contributed by atoms with Crippen LogP contribution in [-0.4, -0.2) is 61.3 Å². The number of halogens is 6. The Morgan fingerprint density at radius 2 is 1.50 bits per heavy atom. The Morgan fingerprint density at radius 3 is 2.06 bits per heavy atom. The van der Waals surface area contributed by atoms with Crippen LogP contribution in [0.5, 0.6) is 0 Å². The number of alkyl halides is 6. The molecule has 11 heteroatoms. The van der Waals surface area contributed by atoms with Crippen LogP contribution in [0, 0.1) is 0 Å². The molecule has 36 heavy (non-hydrogen) atoms. The van der Waals surface area contributed by atoms with E-state index < -0.39 is 35.7 Å². The van der Waals surface area contributed by atoms with Crippen molar-refractivity contribution in [2.45, 2.75) is 37.4 Å². The number of amides is 2. The van der Waals surface area contributed by atoms with Crippen molar-refractivity contribution >= 4 is 6.03 Å². The Labute approximate surface area is 204 Å². The summed E-state index contributed by atoms with van der Waals surface area (Å²) in [6.07, 6.45) is -11.6. The Balaban J connectivity index is 1.60. The second kappa shape index (κ2) is 10.3. The number of ether oxygens (including phenoxy) is 2. The minimum Gasteiger partial charge on any atom is -0.378 e. The Kier molecular flexibility index (Phi) is 7.51. The SMILES string of the molecule is C[C@@H](O[C@@H]1CN(C(=O)N2CCOCC2)C[C@H]1c1ccccc1)c1cc(C(F)(F)F)cc(C(F)(F)F)c1. The predicted molar refractivity (Wildman–Crippen MR) is 118 cm³/mol. The van der Waals surface area contributed by atoms with Gasteiger partial charge in [-0.2, -0.15) is 26.3 Å². The second-order valence-electron chi connectivity index (χ2n) is 8.96. The lowest BCUT2D eigenvalue weighted by Crippen LogP contribution is -2.47. The molecule has 2 heterocycles. The Hall–Kier alpha value is -2.79. The maximum Gasteiger partial charge on any atom is 0.416 e. The average molecular weight is 516 g/mol. The van der Waals surface area contributed by atoms with Gasteiger partial charge in [0.15, 0.2) is 0 Å². The highest BCUT2D eigenvalue weighted by molar-refractivity contribution is 5.75. The molecule has 2 saturated heterocycles. The summed E-state index contributed by atoms with van der Waals surface area (Å²) in [7, 11) is 0. The van der Waals surface area contributed by atoms with Crippen LogP contribution in [0.4, 0.5) is 31.1 Å². The van der Waals surface area contributed by atoms with Crippen LogP contribution in [0.2, 0.25) is 0 Å². The van der Waals surface area contributed by atoms with E-state index in [4.69, 9.17) is 9.47 Å². The topological polar surface area (TPSA) is 42.0 Å². The molecule has 5 nitrogen and oxygen atoms in total. The van der Waals surface area contributed by atoms with Crippen LogP contribution in [0.15, 0.2) is 48.5 Å². The summed E-state index contributed by atoms with van der Waals surface area (Å²) in [6.45, 7) is 3.63. The molecule has 2 aliphatic rings. The van der Waals surface area contributed by atoms with E-state index in [1.54, 1.807) is 9.80 Å². The number of rotatable bonds is 4. The highest BCUT2D eigenvalue weighted by Crippen LogP contribution is 2.39. The number of nitrogens with zero attached hydrogens (tertiary/aromatic N) is 2. The van der Waals surface area contributed by atoms with E-state index in [0.717, 1.165) is 5.56 Å². The molecule has 2 aromatic rings. The molecule has 4 rings (SSSR count). The molecule has 0 aliphatic carbocycles. The molecule has 0 spiro atoms. The van der Waals surface area contributed by atoms with Gasteiger partial charge in [0.05, 0.1) is 36.5 Å². The summed E-state index contributed by atoms with van der Waals surface area (Å²) < 4.78 is 91.4. The van der Waals surface area contributed by atoms with E-state index in [2.05, 4.69) is 0 Å². The largest absolute Gasteiger partial charge is 0.416 e. The fourth-order valence-electron chi connectivity index (χ4n) is 4.60. The van der Waals surface area contributed by atoms with Crippen LogP contribution < -0.4 is 0 Å². The smallest absolute Gasteiger partial charge is 0.378 e. The summed E-state index contributed by atoms with van der Waals surface area (Å²) in [5, 5.41) is 0. The first-order valence-corrected chi connectivity index (χ1v) is 11.5. The number of hydrogen-bond acceptors (Lipinski definition) is 3. The number of morpholine rings is 1. The average Bonchev–Trinajstić information content (AvgIpc) is 3.27. The Morgan fingerprint density at radius 1 is 0.917 bits per heavy atom. The zero-order valence-corrected chi connectivity index (χ0v) is 19.5. The molecule has 196 valence electrons. The van der Waals surface area contributed by atoms with Gasteiger partial charge >= 0.3 is 18.4 Å². The lowest BCUT2D eigenvalue weighted by Gasteiger charge is -2.31. The molecule has 0 saturated carbocycles. The van der Waals surface area contributed by atoms with Crippen LogP contribution in [0.25, 0.3) is 0 Å². The third kappa shape index (κ3) is 5.95. The van der Waals surface area contributed by atoms with Gasteiger partial charge in [-0.25, -0.2) is 4.79 Å². The molecule has 2 fully saturated rings. The molecule has 0 radical (unpaired) electrons. The van der Waals surface area contributed by atoms with Gasteiger partial charge in [-0.3, -0.25) is 0 Å². The summed E-state index contributed by atoms with van der Waals surface area (Å²) >= 11 is 0. The van der Waals surface area contributed by atoms with Gasteiger partial charge in [0.2, 0.25) is 0 Å². The number of carbonyl (C=O) groups is 1. The van der Waals surface area contributed by atoms with E-state index in [0.29, 0.717) is 45.0 Å². The predicted octanol–water partition coefficient (Wildman–Crippen LogP) is 5.72. The van der Waals surface area contributed by atoms with Crippen molar-refractivity contribution in [3.63, 3.8) is 0 Å². The molecule has 0 bridgehead atoms. The summed E-state index contributed by atoms with van der Waals surface area (Å²) in [5.41, 5.74) is -2.15. The highest BCUT2D eigenvalue weighted by Gasteiger charge is 2.41. The van der Waals surface area contributed by atoms with E-state index >= 15 is 0 Å². The van der Waals surface area contributed by atoms with Gasteiger partial charge in [0.25, 0.3) is 0 Å². The molecule has 2 amide bonds. The molecular formula is C25H26F6N2O3. The fraction of sp³-hybridized carbons (Fsp3) is 0.480. The fourth-order valence-corrected chi connectivity index (χ4v) is 4.60. The molecule has 3 atom stereocenters. The third-order valence-corrected chi connectivity index (χ3v) is 6.50. The van der Waals surface area contributed by atoms with Crippen molar-refractivity contribution in [2.75, 3.05) is 39.4 Å². The van der Waals surface area contributed by atoms with Crippen LogP contribution in [0.3, 0.4) is 0 Å². The summed E-state index contributed by atoms with van der Waals surface area (Å²) in [5.74, 6) is -0.300. The first-order valence-electron chi connectivity index (χ1n) is 11.5. The van der Waals surface area contributed by atoms with Gasteiger partial charge in [0, 0.05) is 32.1 Å². The number of urea groups is 1. The van der Waals surface area contributed by atoms with Crippen molar-refractivity contribution in [3.8, 4) is 0 Å². The van der Waals surface area contributed by atoms with E-state index in [-0.39, 0.29) is 30.1 Å². The molecule has 2 aromatic carbocycles. The van der Waals surface area contributed by atoms with E-state index in [1.807, 2.05) is 30.3 Å². The number of benzene rings is 2. The first-order chi connectivity index (χ1) is 16.9. The zero-order chi connectivity index (χ0) is 26.1. The zero-order valence-electron chi connectivity index (χ0n) is 19.5. The van der Waals surface area contributed by atoms with Crippen molar-refractivity contribution in [3.05, 3.63) is 70.8 Å². The molecular weight excluding hydrogens is 490 g/mol. The van der Waals surface area contributed by atoms with Crippen molar-refractivity contribution in [2.24, 2.45) is 0 Å². The van der Waals surface area contributed by atoms with Gasteiger partial charge < -0.3 is 19.3 Å². The summed E-state index contributed by atoms with van der Waals surface area (Å²) in [6, 6.07) is 10.5. The molecule has 0 N–H and O–H groups in total. The first kappa shape index (κ1) is 26.3. The highest BCUT2D eigenvalue weighted by atomic mass is 19.4. The van der Waals surface area contributed by atoms with Gasteiger partial charge in [0.1, 0.15) is 0 Å². The summed E-state index contributed by atoms with van der Waals surface area (Å²) in [4.78, 5) is 16.4. The minimum absolute atomic E-state index is 0.0985. The lowest BCUT2D eigenvalue weighted by molar-refractivity contribution is -0.143. The molecule has 0 unspecified atom stereocenters. The number of likely N-dealkylation sites (tertiary alicyclic amines) is 1. The lowest BCUT2D eigenvalue weighted by atomic mass is 9.95. The standard InChI is InChI=1S/C25H26F6N2O3/c1-16(18-11-19(24(26,27)28)13-20(12-18)25(29,30)31)36-22-15-33(23(34)32-7-9-35-10-8-32)14-21(22)17-5-3-2-4-6-17/h2-6,11-13,16,21-22H,7-10,14-15H2,1H3/t16-,21+,22-/m1/s1. The van der Waals surface area contributed by atoms with Gasteiger partial charge in [-0.15, -0.1) is 0 Å². The monoisotopic (exact) mass is 516 g/mol. The van der Waals surface area contributed by atoms with Gasteiger partial charge in [-0.1, -0.05) is 30.3 Å². The number of hydrogen-bond donors (Lipinski definition) is 0. The van der Waals surface area contributed by atoms with Crippen molar-refractivity contribution in [1.29, 1.82) is 0 Å². The van der Waals surface area contributed by atoms with E-state index in [1.165, 1.54) is 6.92 Å². The van der Waals surface area contributed by atoms with Crippen molar-refractivity contribution < 1.29 is 40.6 Å².